The molecule has 25 heavy (non-hydrogen) atoms. The van der Waals surface area contributed by atoms with E-state index in [0.29, 0.717) is 17.2 Å². The summed E-state index contributed by atoms with van der Waals surface area (Å²) in [5, 5.41) is 3.17. The number of benzene rings is 2. The third-order valence-electron chi connectivity index (χ3n) is 4.92. The van der Waals surface area contributed by atoms with E-state index in [1.54, 1.807) is 28.8 Å². The molecule has 0 bridgehead atoms. The van der Waals surface area contributed by atoms with Crippen LogP contribution in [0.4, 0.5) is 0 Å². The van der Waals surface area contributed by atoms with E-state index in [1.807, 2.05) is 30.3 Å². The van der Waals surface area contributed by atoms with Gasteiger partial charge in [-0.1, -0.05) is 42.5 Å². The van der Waals surface area contributed by atoms with Crippen molar-refractivity contribution in [3.05, 3.63) is 71.3 Å². The summed E-state index contributed by atoms with van der Waals surface area (Å²) < 4.78 is 0. The standard InChI is InChI=1S/C20H20N2O2S/c23-19(21-17-11-10-14-6-4-5-9-16(14)17)18-12-25-13-22(18)20(24)15-7-2-1-3-8-15/h1-9,17-18H,10-13H2,(H,21,23)/t17?,18-/m0/s1. The summed E-state index contributed by atoms with van der Waals surface area (Å²) in [6.07, 6.45) is 1.92. The van der Waals surface area contributed by atoms with Crippen molar-refractivity contribution in [1.82, 2.24) is 10.2 Å². The fourth-order valence-electron chi connectivity index (χ4n) is 3.58. The number of thioether (sulfide) groups is 1. The van der Waals surface area contributed by atoms with Crippen LogP contribution in [0.2, 0.25) is 0 Å². The van der Waals surface area contributed by atoms with Gasteiger partial charge in [0, 0.05) is 11.3 Å². The highest BCUT2D eigenvalue weighted by Crippen LogP contribution is 2.31. The molecule has 2 aliphatic rings. The van der Waals surface area contributed by atoms with Gasteiger partial charge in [-0.3, -0.25) is 9.59 Å². The third-order valence-corrected chi connectivity index (χ3v) is 5.93. The van der Waals surface area contributed by atoms with Crippen LogP contribution in [0.25, 0.3) is 0 Å². The molecule has 2 atom stereocenters. The van der Waals surface area contributed by atoms with Gasteiger partial charge in [-0.15, -0.1) is 11.8 Å². The number of carbonyl (C=O) groups excluding carboxylic acids is 2. The Bertz CT molecular complexity index is 793. The maximum absolute atomic E-state index is 12.8. The van der Waals surface area contributed by atoms with Crippen molar-refractivity contribution >= 4 is 23.6 Å². The first kappa shape index (κ1) is 16.2. The molecule has 128 valence electrons. The zero-order valence-corrected chi connectivity index (χ0v) is 14.7. The summed E-state index contributed by atoms with van der Waals surface area (Å²) in [4.78, 5) is 27.3. The summed E-state index contributed by atoms with van der Waals surface area (Å²) >= 11 is 1.63. The molecule has 1 fully saturated rings. The van der Waals surface area contributed by atoms with Crippen molar-refractivity contribution in [2.75, 3.05) is 11.6 Å². The number of rotatable bonds is 3. The van der Waals surface area contributed by atoms with Crippen molar-refractivity contribution in [3.8, 4) is 0 Å². The fraction of sp³-hybridized carbons (Fsp3) is 0.300. The summed E-state index contributed by atoms with van der Waals surface area (Å²) in [6.45, 7) is 0. The van der Waals surface area contributed by atoms with Gasteiger partial charge in [0.1, 0.15) is 6.04 Å². The van der Waals surface area contributed by atoms with Gasteiger partial charge < -0.3 is 10.2 Å². The number of aryl methyl sites for hydroxylation is 1. The SMILES string of the molecule is O=C(NC1CCc2ccccc21)[C@@H]1CSCN1C(=O)c1ccccc1. The van der Waals surface area contributed by atoms with E-state index in [4.69, 9.17) is 0 Å². The topological polar surface area (TPSA) is 49.4 Å². The molecule has 1 aliphatic heterocycles. The van der Waals surface area contributed by atoms with Crippen LogP contribution in [0.5, 0.6) is 0 Å². The van der Waals surface area contributed by atoms with Crippen LogP contribution in [0.15, 0.2) is 54.6 Å². The van der Waals surface area contributed by atoms with Gasteiger partial charge in [-0.2, -0.15) is 0 Å². The number of hydrogen-bond acceptors (Lipinski definition) is 3. The third kappa shape index (κ3) is 3.16. The highest BCUT2D eigenvalue weighted by molar-refractivity contribution is 7.99. The number of nitrogens with one attached hydrogen (secondary N) is 1. The first-order valence-corrected chi connectivity index (χ1v) is 9.71. The maximum atomic E-state index is 12.8. The van der Waals surface area contributed by atoms with Crippen molar-refractivity contribution in [2.45, 2.75) is 24.9 Å². The predicted octanol–water partition coefficient (Wildman–Crippen LogP) is 3.01. The Morgan fingerprint density at radius 2 is 1.80 bits per heavy atom. The average molecular weight is 352 g/mol. The van der Waals surface area contributed by atoms with Gasteiger partial charge in [0.25, 0.3) is 5.91 Å². The van der Waals surface area contributed by atoms with E-state index in [-0.39, 0.29) is 17.9 Å². The molecular weight excluding hydrogens is 332 g/mol. The van der Waals surface area contributed by atoms with Crippen LogP contribution in [0, 0.1) is 0 Å². The number of amides is 2. The maximum Gasteiger partial charge on any atom is 0.255 e. The minimum Gasteiger partial charge on any atom is -0.347 e. The minimum atomic E-state index is -0.398. The average Bonchev–Trinajstić information content (AvgIpc) is 3.29. The van der Waals surface area contributed by atoms with Crippen molar-refractivity contribution < 1.29 is 9.59 Å². The van der Waals surface area contributed by atoms with E-state index >= 15 is 0 Å². The largest absolute Gasteiger partial charge is 0.347 e. The van der Waals surface area contributed by atoms with Gasteiger partial charge in [0.05, 0.1) is 11.9 Å². The molecule has 1 aliphatic carbocycles. The summed E-state index contributed by atoms with van der Waals surface area (Å²) in [6, 6.07) is 17.1. The molecule has 1 N–H and O–H groups in total. The quantitative estimate of drug-likeness (QED) is 0.924. The van der Waals surface area contributed by atoms with Crippen LogP contribution in [-0.2, 0) is 11.2 Å². The van der Waals surface area contributed by atoms with E-state index in [0.717, 1.165) is 12.8 Å². The Kier molecular flexibility index (Phi) is 4.49. The van der Waals surface area contributed by atoms with Crippen LogP contribution >= 0.6 is 11.8 Å². The van der Waals surface area contributed by atoms with Crippen LogP contribution in [0.3, 0.4) is 0 Å². The highest BCUT2D eigenvalue weighted by atomic mass is 32.2. The summed E-state index contributed by atoms with van der Waals surface area (Å²) in [5.41, 5.74) is 3.15. The van der Waals surface area contributed by atoms with Gasteiger partial charge >= 0.3 is 0 Å². The van der Waals surface area contributed by atoms with E-state index in [2.05, 4.69) is 17.4 Å². The van der Waals surface area contributed by atoms with Gasteiger partial charge in [0.15, 0.2) is 0 Å². The van der Waals surface area contributed by atoms with E-state index < -0.39 is 6.04 Å². The van der Waals surface area contributed by atoms with E-state index in [1.165, 1.54) is 11.1 Å². The zero-order chi connectivity index (χ0) is 17.2. The smallest absolute Gasteiger partial charge is 0.255 e. The van der Waals surface area contributed by atoms with Crippen molar-refractivity contribution in [1.29, 1.82) is 0 Å². The first-order valence-electron chi connectivity index (χ1n) is 8.56. The molecule has 2 amide bonds. The number of carbonyl (C=O) groups is 2. The molecule has 0 saturated carbocycles. The van der Waals surface area contributed by atoms with E-state index in [9.17, 15) is 9.59 Å². The second-order valence-electron chi connectivity index (χ2n) is 6.46. The lowest BCUT2D eigenvalue weighted by Crippen LogP contribution is -2.47. The highest BCUT2D eigenvalue weighted by Gasteiger charge is 2.36. The molecule has 4 nitrogen and oxygen atoms in total. The second kappa shape index (κ2) is 6.92. The lowest BCUT2D eigenvalue weighted by molar-refractivity contribution is -0.125. The van der Waals surface area contributed by atoms with Crippen LogP contribution in [0.1, 0.15) is 33.9 Å². The monoisotopic (exact) mass is 352 g/mol. The molecule has 1 heterocycles. The number of hydrogen-bond donors (Lipinski definition) is 1. The minimum absolute atomic E-state index is 0.0454. The predicted molar refractivity (Wildman–Crippen MR) is 99.4 cm³/mol. The Morgan fingerprint density at radius 1 is 1.04 bits per heavy atom. The molecule has 0 aromatic heterocycles. The Morgan fingerprint density at radius 3 is 2.64 bits per heavy atom. The second-order valence-corrected chi connectivity index (χ2v) is 7.46. The van der Waals surface area contributed by atoms with Crippen LogP contribution in [-0.4, -0.2) is 34.4 Å². The lowest BCUT2D eigenvalue weighted by atomic mass is 10.1. The molecule has 0 spiro atoms. The normalized spacial score (nSPS) is 21.8. The van der Waals surface area contributed by atoms with Gasteiger partial charge in [-0.05, 0) is 36.1 Å². The van der Waals surface area contributed by atoms with Crippen molar-refractivity contribution in [2.24, 2.45) is 0 Å². The summed E-state index contributed by atoms with van der Waals surface area (Å²) in [5.74, 6) is 1.10. The molecule has 2 aromatic carbocycles. The summed E-state index contributed by atoms with van der Waals surface area (Å²) in [7, 11) is 0. The Balaban J connectivity index is 1.47. The molecule has 1 saturated heterocycles. The molecule has 2 aromatic rings. The van der Waals surface area contributed by atoms with Crippen LogP contribution < -0.4 is 5.32 Å². The molecular formula is C20H20N2O2S. The molecule has 0 radical (unpaired) electrons. The Hall–Kier alpha value is -2.27. The molecule has 5 heteroatoms. The molecule has 4 rings (SSSR count). The zero-order valence-electron chi connectivity index (χ0n) is 13.9. The first-order chi connectivity index (χ1) is 12.2. The number of fused-ring (bicyclic) bond motifs is 1. The lowest BCUT2D eigenvalue weighted by Gasteiger charge is -2.25. The number of nitrogens with zero attached hydrogens (tertiary/aromatic N) is 1. The van der Waals surface area contributed by atoms with Gasteiger partial charge in [0.2, 0.25) is 5.91 Å². The van der Waals surface area contributed by atoms with Gasteiger partial charge in [-0.25, -0.2) is 0 Å². The Labute approximate surface area is 151 Å². The van der Waals surface area contributed by atoms with Crippen molar-refractivity contribution in [3.63, 3.8) is 0 Å². The fourth-order valence-corrected chi connectivity index (χ4v) is 4.74. The molecule has 1 unspecified atom stereocenters.